The van der Waals surface area contributed by atoms with Crippen LogP contribution >= 0.6 is 0 Å². The number of hydrogen-bond donors (Lipinski definition) is 4. The number of hydrogen-bond acceptors (Lipinski definition) is 5. The highest BCUT2D eigenvalue weighted by Gasteiger charge is 2.36. The lowest BCUT2D eigenvalue weighted by Crippen LogP contribution is -2.47. The summed E-state index contributed by atoms with van der Waals surface area (Å²) in [5, 5.41) is 22.8. The van der Waals surface area contributed by atoms with E-state index in [0.717, 1.165) is 0 Å². The zero-order chi connectivity index (χ0) is 14.4. The molecular formula is C11H17N3O5. The van der Waals surface area contributed by atoms with Gasteiger partial charge in [-0.25, -0.2) is 4.79 Å². The van der Waals surface area contributed by atoms with Crippen LogP contribution in [0.2, 0.25) is 0 Å². The van der Waals surface area contributed by atoms with Crippen molar-refractivity contribution in [2.75, 3.05) is 19.6 Å². The summed E-state index contributed by atoms with van der Waals surface area (Å²) in [7, 11) is 0. The molecule has 0 aromatic carbocycles. The van der Waals surface area contributed by atoms with E-state index >= 15 is 0 Å². The largest absolute Gasteiger partial charge is 0.480 e. The Kier molecular flexibility index (Phi) is 5.46. The average Bonchev–Trinajstić information content (AvgIpc) is 2.67. The van der Waals surface area contributed by atoms with E-state index < -0.39 is 30.1 Å². The molecule has 1 rings (SSSR count). The lowest BCUT2D eigenvalue weighted by atomic mass is 10.2. The first kappa shape index (κ1) is 15.1. The molecule has 106 valence electrons. The van der Waals surface area contributed by atoms with Gasteiger partial charge in [0.1, 0.15) is 6.04 Å². The van der Waals surface area contributed by atoms with E-state index in [0.29, 0.717) is 0 Å². The minimum atomic E-state index is -1.10. The Hall–Kier alpha value is -1.93. The highest BCUT2D eigenvalue weighted by atomic mass is 16.4. The number of rotatable bonds is 5. The Morgan fingerprint density at radius 1 is 1.42 bits per heavy atom. The van der Waals surface area contributed by atoms with Gasteiger partial charge in [0.25, 0.3) is 0 Å². The van der Waals surface area contributed by atoms with Crippen molar-refractivity contribution in [2.45, 2.75) is 18.6 Å². The molecule has 0 spiro atoms. The first-order valence-electron chi connectivity index (χ1n) is 5.77. The van der Waals surface area contributed by atoms with Gasteiger partial charge in [-0.15, -0.1) is 6.58 Å². The van der Waals surface area contributed by atoms with E-state index in [1.54, 1.807) is 0 Å². The Balaban J connectivity index is 2.45. The number of aliphatic hydroxyl groups excluding tert-OH is 1. The van der Waals surface area contributed by atoms with Gasteiger partial charge < -0.3 is 15.5 Å². The normalized spacial score (nSPS) is 22.8. The summed E-state index contributed by atoms with van der Waals surface area (Å²) in [4.78, 5) is 35.0. The Morgan fingerprint density at radius 3 is 2.68 bits per heavy atom. The number of carbonyl (C=O) groups is 3. The second-order valence-electron chi connectivity index (χ2n) is 4.22. The third-order valence-electron chi connectivity index (χ3n) is 2.67. The predicted octanol–water partition coefficient (Wildman–Crippen LogP) is -1.48. The number of carboxylic acids is 1. The topological polar surface area (TPSA) is 119 Å². The molecule has 1 fully saturated rings. The molecule has 0 radical (unpaired) electrons. The fourth-order valence-electron chi connectivity index (χ4n) is 1.87. The number of nitrogens with zero attached hydrogens (tertiary/aromatic N) is 1. The van der Waals surface area contributed by atoms with Gasteiger partial charge in [0, 0.05) is 19.5 Å². The van der Waals surface area contributed by atoms with E-state index in [-0.39, 0.29) is 26.1 Å². The number of nitrogens with one attached hydrogen (secondary N) is 2. The smallest absolute Gasteiger partial charge is 0.321 e. The number of aliphatic carboxylic acids is 1. The van der Waals surface area contributed by atoms with Crippen molar-refractivity contribution in [3.63, 3.8) is 0 Å². The van der Waals surface area contributed by atoms with Gasteiger partial charge in [-0.2, -0.15) is 0 Å². The lowest BCUT2D eigenvalue weighted by molar-refractivity contribution is -0.142. The molecule has 19 heavy (non-hydrogen) atoms. The van der Waals surface area contributed by atoms with Crippen LogP contribution in [0.25, 0.3) is 0 Å². The van der Waals surface area contributed by atoms with Crippen molar-refractivity contribution in [3.8, 4) is 0 Å². The maximum absolute atomic E-state index is 11.5. The number of imide groups is 1. The summed E-state index contributed by atoms with van der Waals surface area (Å²) < 4.78 is 0. The zero-order valence-electron chi connectivity index (χ0n) is 10.3. The fourth-order valence-corrected chi connectivity index (χ4v) is 1.87. The first-order chi connectivity index (χ1) is 8.93. The molecule has 0 bridgehead atoms. The first-order valence-corrected chi connectivity index (χ1v) is 5.77. The zero-order valence-corrected chi connectivity index (χ0v) is 10.3. The summed E-state index contributed by atoms with van der Waals surface area (Å²) in [6.07, 6.45) is 0.760. The molecule has 3 amide bonds. The number of carbonyl (C=O) groups excluding carboxylic acids is 2. The van der Waals surface area contributed by atoms with Gasteiger partial charge in [0.05, 0.1) is 12.6 Å². The van der Waals surface area contributed by atoms with Gasteiger partial charge in [-0.3, -0.25) is 19.8 Å². The molecular weight excluding hydrogens is 254 g/mol. The lowest BCUT2D eigenvalue weighted by Gasteiger charge is -2.19. The van der Waals surface area contributed by atoms with Crippen LogP contribution in [-0.4, -0.2) is 64.8 Å². The molecule has 1 aliphatic heterocycles. The number of aliphatic hydroxyl groups is 1. The molecule has 8 nitrogen and oxygen atoms in total. The van der Waals surface area contributed by atoms with Gasteiger partial charge in [-0.05, 0) is 0 Å². The minimum Gasteiger partial charge on any atom is -0.480 e. The van der Waals surface area contributed by atoms with Crippen molar-refractivity contribution in [3.05, 3.63) is 12.7 Å². The number of urea groups is 1. The summed E-state index contributed by atoms with van der Waals surface area (Å²) in [5.41, 5.74) is 0. The predicted molar refractivity (Wildman–Crippen MR) is 65.4 cm³/mol. The van der Waals surface area contributed by atoms with E-state index in [1.165, 1.54) is 11.0 Å². The quantitative estimate of drug-likeness (QED) is 0.453. The van der Waals surface area contributed by atoms with E-state index in [9.17, 15) is 19.5 Å². The van der Waals surface area contributed by atoms with E-state index in [2.05, 4.69) is 17.2 Å². The number of likely N-dealkylation sites (tertiary alicyclic amines) is 1. The van der Waals surface area contributed by atoms with Crippen molar-refractivity contribution in [1.29, 1.82) is 0 Å². The molecule has 1 heterocycles. The van der Waals surface area contributed by atoms with Crippen LogP contribution in [0.5, 0.6) is 0 Å². The van der Waals surface area contributed by atoms with Gasteiger partial charge >= 0.3 is 12.0 Å². The Morgan fingerprint density at radius 2 is 2.11 bits per heavy atom. The summed E-state index contributed by atoms with van der Waals surface area (Å²) >= 11 is 0. The van der Waals surface area contributed by atoms with Crippen molar-refractivity contribution in [1.82, 2.24) is 15.5 Å². The molecule has 0 aromatic rings. The van der Waals surface area contributed by atoms with Crippen LogP contribution in [0.15, 0.2) is 12.7 Å². The van der Waals surface area contributed by atoms with Crippen LogP contribution in [0.1, 0.15) is 6.42 Å². The van der Waals surface area contributed by atoms with Crippen LogP contribution in [0.4, 0.5) is 4.79 Å². The van der Waals surface area contributed by atoms with Gasteiger partial charge in [-0.1, -0.05) is 6.08 Å². The summed E-state index contributed by atoms with van der Waals surface area (Å²) in [6, 6.07) is -1.58. The fraction of sp³-hybridized carbons (Fsp3) is 0.545. The van der Waals surface area contributed by atoms with Crippen molar-refractivity contribution in [2.24, 2.45) is 0 Å². The monoisotopic (exact) mass is 271 g/mol. The Labute approximate surface area is 110 Å². The van der Waals surface area contributed by atoms with Crippen molar-refractivity contribution >= 4 is 17.9 Å². The minimum absolute atomic E-state index is 0.0747. The van der Waals surface area contributed by atoms with E-state index in [1.807, 2.05) is 0 Å². The highest BCUT2D eigenvalue weighted by Crippen LogP contribution is 2.17. The molecule has 0 aromatic heterocycles. The molecule has 1 saturated heterocycles. The second-order valence-corrected chi connectivity index (χ2v) is 4.22. The Bertz CT molecular complexity index is 385. The molecule has 1 aliphatic rings. The average molecular weight is 271 g/mol. The van der Waals surface area contributed by atoms with Crippen LogP contribution in [0.3, 0.4) is 0 Å². The summed E-state index contributed by atoms with van der Waals surface area (Å²) in [6.45, 7) is 3.47. The van der Waals surface area contributed by atoms with Crippen molar-refractivity contribution < 1.29 is 24.6 Å². The molecule has 2 atom stereocenters. The van der Waals surface area contributed by atoms with Gasteiger partial charge in [0.2, 0.25) is 5.91 Å². The molecule has 0 aliphatic carbocycles. The number of amides is 3. The van der Waals surface area contributed by atoms with Crippen LogP contribution in [0, 0.1) is 0 Å². The third kappa shape index (κ3) is 4.68. The number of carboxylic acid groups (broad SMARTS) is 1. The molecule has 8 heteroatoms. The van der Waals surface area contributed by atoms with E-state index in [4.69, 9.17) is 5.11 Å². The SMILES string of the molecule is C=CCNC(=O)NC(=O)CN1CC(O)CC1C(=O)O. The van der Waals surface area contributed by atoms with Gasteiger partial charge in [0.15, 0.2) is 0 Å². The second kappa shape index (κ2) is 6.86. The maximum Gasteiger partial charge on any atom is 0.321 e. The third-order valence-corrected chi connectivity index (χ3v) is 2.67. The maximum atomic E-state index is 11.5. The standard InChI is InChI=1S/C11H17N3O5/c1-2-3-12-11(19)13-9(16)6-14-5-7(15)4-8(14)10(17)18/h2,7-8,15H,1,3-6H2,(H,17,18)(H2,12,13,16,19). The highest BCUT2D eigenvalue weighted by molar-refractivity contribution is 5.95. The van der Waals surface area contributed by atoms with Crippen LogP contribution < -0.4 is 10.6 Å². The van der Waals surface area contributed by atoms with Crippen LogP contribution in [-0.2, 0) is 9.59 Å². The molecule has 4 N–H and O–H groups in total. The summed E-state index contributed by atoms with van der Waals surface area (Å²) in [5.74, 6) is -1.72. The molecule has 0 saturated carbocycles. The molecule has 2 unspecified atom stereocenters. The number of β-amino-alcohol motifs (C(OH)–C–C–N with tert-alkyl or cyclic N) is 1.